The van der Waals surface area contributed by atoms with Crippen LogP contribution in [-0.2, 0) is 16.4 Å². The minimum Gasteiger partial charge on any atom is -0.332 e. The summed E-state index contributed by atoms with van der Waals surface area (Å²) in [6.45, 7) is 1.93. The maximum absolute atomic E-state index is 12.3. The van der Waals surface area contributed by atoms with E-state index in [1.54, 1.807) is 0 Å². The lowest BCUT2D eigenvalue weighted by molar-refractivity contribution is 0.437. The third-order valence-electron chi connectivity index (χ3n) is 3.40. The van der Waals surface area contributed by atoms with Gasteiger partial charge in [-0.2, -0.15) is 0 Å². The fourth-order valence-corrected chi connectivity index (χ4v) is 4.60. The first-order chi connectivity index (χ1) is 8.51. The summed E-state index contributed by atoms with van der Waals surface area (Å²) in [6.07, 6.45) is 5.98. The van der Waals surface area contributed by atoms with Gasteiger partial charge in [-0.15, -0.1) is 0 Å². The number of aromatic amines is 1. The van der Waals surface area contributed by atoms with Gasteiger partial charge in [-0.3, -0.25) is 0 Å². The van der Waals surface area contributed by atoms with Crippen molar-refractivity contribution in [1.82, 2.24) is 14.7 Å². The van der Waals surface area contributed by atoms with Gasteiger partial charge in [0, 0.05) is 17.3 Å². The third-order valence-corrected chi connectivity index (χ3v) is 5.96. The molecule has 1 fully saturated rings. The van der Waals surface area contributed by atoms with E-state index in [-0.39, 0.29) is 10.6 Å². The lowest BCUT2D eigenvalue weighted by Gasteiger charge is -2.27. The van der Waals surface area contributed by atoms with Crippen molar-refractivity contribution >= 4 is 26.0 Å². The Labute approximate surface area is 116 Å². The van der Waals surface area contributed by atoms with Crippen LogP contribution in [-0.4, -0.2) is 29.3 Å². The SMILES string of the molecule is CCc1ncc(S(=O)(=O)NC2(CBr)CCCC2)[nH]1. The largest absolute Gasteiger partial charge is 0.332 e. The minimum atomic E-state index is -3.50. The molecule has 0 amide bonds. The first kappa shape index (κ1) is 14.0. The van der Waals surface area contributed by atoms with Crippen LogP contribution in [0.1, 0.15) is 38.4 Å². The first-order valence-corrected chi connectivity index (χ1v) is 8.76. The van der Waals surface area contributed by atoms with Crippen LogP contribution in [0.25, 0.3) is 0 Å². The van der Waals surface area contributed by atoms with Crippen LogP contribution in [0.2, 0.25) is 0 Å². The monoisotopic (exact) mass is 335 g/mol. The van der Waals surface area contributed by atoms with Crippen LogP contribution in [0.4, 0.5) is 0 Å². The highest BCUT2D eigenvalue weighted by atomic mass is 79.9. The molecular weight excluding hydrogens is 318 g/mol. The molecule has 1 heterocycles. The van der Waals surface area contributed by atoms with E-state index in [0.717, 1.165) is 25.7 Å². The van der Waals surface area contributed by atoms with Crippen molar-refractivity contribution < 1.29 is 8.42 Å². The van der Waals surface area contributed by atoms with Crippen molar-refractivity contribution in [2.75, 3.05) is 5.33 Å². The smallest absolute Gasteiger partial charge is 0.258 e. The van der Waals surface area contributed by atoms with Gasteiger partial charge in [-0.05, 0) is 12.8 Å². The molecule has 5 nitrogen and oxygen atoms in total. The number of alkyl halides is 1. The number of hydrogen-bond donors (Lipinski definition) is 2. The van der Waals surface area contributed by atoms with E-state index in [1.807, 2.05) is 6.92 Å². The Morgan fingerprint density at radius 1 is 1.50 bits per heavy atom. The number of halogens is 1. The Morgan fingerprint density at radius 3 is 2.67 bits per heavy atom. The second-order valence-electron chi connectivity index (χ2n) is 4.77. The average Bonchev–Trinajstić information content (AvgIpc) is 2.97. The highest BCUT2D eigenvalue weighted by Crippen LogP contribution is 2.32. The molecule has 1 saturated carbocycles. The molecular formula is C11H18BrN3O2S. The summed E-state index contributed by atoms with van der Waals surface area (Å²) >= 11 is 3.42. The van der Waals surface area contributed by atoms with Gasteiger partial charge in [-0.25, -0.2) is 18.1 Å². The molecule has 0 unspecified atom stereocenters. The Balaban J connectivity index is 2.21. The molecule has 1 aliphatic rings. The molecule has 1 aliphatic carbocycles. The number of hydrogen-bond acceptors (Lipinski definition) is 3. The summed E-state index contributed by atoms with van der Waals surface area (Å²) in [5, 5.41) is 0.806. The number of nitrogens with zero attached hydrogens (tertiary/aromatic N) is 1. The number of aromatic nitrogens is 2. The van der Waals surface area contributed by atoms with E-state index in [1.165, 1.54) is 6.20 Å². The third kappa shape index (κ3) is 2.78. The normalized spacial score (nSPS) is 19.2. The van der Waals surface area contributed by atoms with Crippen LogP contribution in [0.15, 0.2) is 11.2 Å². The summed E-state index contributed by atoms with van der Waals surface area (Å²) in [5.41, 5.74) is -0.337. The molecule has 0 spiro atoms. The zero-order chi connectivity index (χ0) is 13.2. The van der Waals surface area contributed by atoms with Gasteiger partial charge in [0.2, 0.25) is 0 Å². The molecule has 1 aromatic heterocycles. The fraction of sp³-hybridized carbons (Fsp3) is 0.727. The van der Waals surface area contributed by atoms with E-state index in [9.17, 15) is 8.42 Å². The van der Waals surface area contributed by atoms with Gasteiger partial charge in [0.15, 0.2) is 5.03 Å². The molecule has 0 atom stereocenters. The van der Waals surface area contributed by atoms with Gasteiger partial charge in [0.25, 0.3) is 10.0 Å². The van der Waals surface area contributed by atoms with Crippen LogP contribution in [0.5, 0.6) is 0 Å². The second-order valence-corrected chi connectivity index (χ2v) is 6.99. The average molecular weight is 336 g/mol. The Morgan fingerprint density at radius 2 is 2.17 bits per heavy atom. The van der Waals surface area contributed by atoms with Crippen LogP contribution in [0, 0.1) is 0 Å². The quantitative estimate of drug-likeness (QED) is 0.807. The lowest BCUT2D eigenvalue weighted by Crippen LogP contribution is -2.47. The maximum Gasteiger partial charge on any atom is 0.258 e. The highest BCUT2D eigenvalue weighted by molar-refractivity contribution is 9.09. The molecule has 7 heteroatoms. The van der Waals surface area contributed by atoms with Gasteiger partial charge >= 0.3 is 0 Å². The van der Waals surface area contributed by atoms with Crippen LogP contribution < -0.4 is 4.72 Å². The Kier molecular flexibility index (Phi) is 4.13. The first-order valence-electron chi connectivity index (χ1n) is 6.15. The topological polar surface area (TPSA) is 74.8 Å². The number of sulfonamides is 1. The van der Waals surface area contributed by atoms with Gasteiger partial charge in [-0.1, -0.05) is 35.7 Å². The van der Waals surface area contributed by atoms with Gasteiger partial charge in [0.05, 0.1) is 6.20 Å². The van der Waals surface area contributed by atoms with E-state index < -0.39 is 10.0 Å². The highest BCUT2D eigenvalue weighted by Gasteiger charge is 2.37. The molecule has 102 valence electrons. The summed E-state index contributed by atoms with van der Waals surface area (Å²) in [4.78, 5) is 6.88. The number of imidazole rings is 1. The standard InChI is InChI=1S/C11H18BrN3O2S/c1-2-9-13-7-10(14-9)18(16,17)15-11(8-12)5-3-4-6-11/h7,15H,2-6,8H2,1H3,(H,13,14). The van der Waals surface area contributed by atoms with Crippen LogP contribution in [0.3, 0.4) is 0 Å². The minimum absolute atomic E-state index is 0.159. The van der Waals surface area contributed by atoms with E-state index in [0.29, 0.717) is 17.6 Å². The van der Waals surface area contributed by atoms with Gasteiger partial charge < -0.3 is 4.98 Å². The van der Waals surface area contributed by atoms with Crippen molar-refractivity contribution in [3.8, 4) is 0 Å². The fourth-order valence-electron chi connectivity index (χ4n) is 2.31. The van der Waals surface area contributed by atoms with Crippen molar-refractivity contribution in [2.24, 2.45) is 0 Å². The van der Waals surface area contributed by atoms with Crippen molar-refractivity contribution in [3.05, 3.63) is 12.0 Å². The summed E-state index contributed by atoms with van der Waals surface area (Å²) in [6, 6.07) is 0. The predicted molar refractivity (Wildman–Crippen MR) is 73.3 cm³/mol. The zero-order valence-corrected chi connectivity index (χ0v) is 12.8. The molecule has 2 rings (SSSR count). The van der Waals surface area contributed by atoms with Crippen molar-refractivity contribution in [3.63, 3.8) is 0 Å². The van der Waals surface area contributed by atoms with Crippen molar-refractivity contribution in [1.29, 1.82) is 0 Å². The van der Waals surface area contributed by atoms with E-state index in [2.05, 4.69) is 30.6 Å². The molecule has 0 bridgehead atoms. The predicted octanol–water partition coefficient (Wildman–Crippen LogP) is 1.96. The summed E-state index contributed by atoms with van der Waals surface area (Å²) in [7, 11) is -3.50. The van der Waals surface area contributed by atoms with Crippen LogP contribution >= 0.6 is 15.9 Å². The Hall–Kier alpha value is -0.400. The van der Waals surface area contributed by atoms with E-state index >= 15 is 0 Å². The number of aryl methyl sites for hydroxylation is 1. The molecule has 0 aliphatic heterocycles. The van der Waals surface area contributed by atoms with Gasteiger partial charge in [0.1, 0.15) is 5.82 Å². The number of H-pyrrole nitrogens is 1. The molecule has 2 N–H and O–H groups in total. The zero-order valence-electron chi connectivity index (χ0n) is 10.4. The maximum atomic E-state index is 12.3. The Bertz CT molecular complexity index is 506. The molecule has 1 aromatic rings. The van der Waals surface area contributed by atoms with Crippen molar-refractivity contribution in [2.45, 2.75) is 49.6 Å². The number of rotatable bonds is 5. The molecule has 18 heavy (non-hydrogen) atoms. The number of nitrogens with one attached hydrogen (secondary N) is 2. The van der Waals surface area contributed by atoms with E-state index in [4.69, 9.17) is 0 Å². The summed E-state index contributed by atoms with van der Waals surface area (Å²) < 4.78 is 27.4. The molecule has 0 aromatic carbocycles. The lowest BCUT2D eigenvalue weighted by atomic mass is 10.0. The molecule has 0 radical (unpaired) electrons. The molecule has 0 saturated heterocycles. The summed E-state index contributed by atoms with van der Waals surface area (Å²) in [5.74, 6) is 0.690. The second kappa shape index (κ2) is 5.30.